The van der Waals surface area contributed by atoms with E-state index in [1.165, 1.54) is 14.2 Å². The molecule has 0 aromatic heterocycles. The number of aliphatic hydroxyl groups excluding tert-OH is 2. The van der Waals surface area contributed by atoms with Gasteiger partial charge in [-0.2, -0.15) is 0 Å². The standard InChI is InChI=1S/C29H55N5O8/c1-9-19(2)26(33(6)25(38)18-31-29(40)22(12-15-35)32(4)5)23(41-7)17-24(37)34-14-10-11-21(34)27(42-8)20(3)28(39)30-13-16-36/h19-23,26-27,35-36H,9-18H2,1-8H3,(H,30,39)(H,31,40). The Kier molecular flexibility index (Phi) is 17.1. The van der Waals surface area contributed by atoms with Crippen molar-refractivity contribution in [2.24, 2.45) is 11.8 Å². The molecule has 1 rings (SSSR count). The predicted molar refractivity (Wildman–Crippen MR) is 158 cm³/mol. The van der Waals surface area contributed by atoms with Crippen LogP contribution in [0.4, 0.5) is 0 Å². The summed E-state index contributed by atoms with van der Waals surface area (Å²) in [5.74, 6) is -1.59. The SMILES string of the molecule is CCC(C)C(C(CC(=O)N1CCCC1C(OC)C(C)C(=O)NCCO)OC)N(C)C(=O)CNC(=O)C(CCO)N(C)C. The van der Waals surface area contributed by atoms with Gasteiger partial charge in [0.05, 0.1) is 55.8 Å². The zero-order valence-electron chi connectivity index (χ0n) is 26.8. The highest BCUT2D eigenvalue weighted by Gasteiger charge is 2.42. The minimum Gasteiger partial charge on any atom is -0.396 e. The van der Waals surface area contributed by atoms with E-state index in [0.29, 0.717) is 13.0 Å². The monoisotopic (exact) mass is 601 g/mol. The Bertz CT molecular complexity index is 860. The number of ether oxygens (including phenoxy) is 2. The van der Waals surface area contributed by atoms with E-state index in [-0.39, 0.29) is 74.7 Å². The lowest BCUT2D eigenvalue weighted by Gasteiger charge is -2.39. The molecular weight excluding hydrogens is 546 g/mol. The number of hydrogen-bond acceptors (Lipinski definition) is 9. The smallest absolute Gasteiger partial charge is 0.242 e. The second-order valence-corrected chi connectivity index (χ2v) is 11.4. The van der Waals surface area contributed by atoms with E-state index >= 15 is 0 Å². The van der Waals surface area contributed by atoms with E-state index in [1.54, 1.807) is 42.8 Å². The lowest BCUT2D eigenvalue weighted by atomic mass is 9.90. The van der Waals surface area contributed by atoms with Crippen LogP contribution >= 0.6 is 0 Å². The van der Waals surface area contributed by atoms with Gasteiger partial charge in [0, 0.05) is 41.0 Å². The molecule has 1 fully saturated rings. The van der Waals surface area contributed by atoms with Gasteiger partial charge in [-0.3, -0.25) is 24.1 Å². The number of hydrogen-bond donors (Lipinski definition) is 4. The van der Waals surface area contributed by atoms with Crippen LogP contribution in [-0.4, -0.2) is 147 Å². The molecule has 4 amide bonds. The number of nitrogens with zero attached hydrogens (tertiary/aromatic N) is 3. The molecule has 42 heavy (non-hydrogen) atoms. The molecule has 4 N–H and O–H groups in total. The van der Waals surface area contributed by atoms with Gasteiger partial charge in [-0.25, -0.2) is 0 Å². The van der Waals surface area contributed by atoms with Crippen LogP contribution < -0.4 is 10.6 Å². The van der Waals surface area contributed by atoms with Crippen LogP contribution in [0.2, 0.25) is 0 Å². The van der Waals surface area contributed by atoms with Crippen LogP contribution in [0.25, 0.3) is 0 Å². The van der Waals surface area contributed by atoms with E-state index in [9.17, 15) is 24.3 Å². The molecule has 1 heterocycles. The van der Waals surface area contributed by atoms with Crippen LogP contribution in [0.5, 0.6) is 0 Å². The molecule has 0 radical (unpaired) electrons. The summed E-state index contributed by atoms with van der Waals surface area (Å²) in [6, 6.07) is -1.29. The Morgan fingerprint density at radius 2 is 1.67 bits per heavy atom. The molecule has 0 bridgehead atoms. The second-order valence-electron chi connectivity index (χ2n) is 11.4. The van der Waals surface area contributed by atoms with Crippen LogP contribution in [-0.2, 0) is 28.7 Å². The van der Waals surface area contributed by atoms with Gasteiger partial charge in [0.2, 0.25) is 23.6 Å². The van der Waals surface area contributed by atoms with E-state index in [4.69, 9.17) is 14.6 Å². The van der Waals surface area contributed by atoms with Gasteiger partial charge in [-0.1, -0.05) is 27.2 Å². The number of likely N-dealkylation sites (tertiary alicyclic amines) is 1. The normalized spacial score (nSPS) is 19.5. The molecule has 7 unspecified atom stereocenters. The molecule has 0 aromatic carbocycles. The van der Waals surface area contributed by atoms with E-state index in [0.717, 1.165) is 12.8 Å². The number of nitrogens with one attached hydrogen (secondary N) is 2. The Morgan fingerprint density at radius 1 is 1.00 bits per heavy atom. The number of rotatable bonds is 19. The molecule has 0 spiro atoms. The Balaban J connectivity index is 3.04. The van der Waals surface area contributed by atoms with Crippen molar-refractivity contribution in [1.29, 1.82) is 0 Å². The van der Waals surface area contributed by atoms with Gasteiger partial charge in [0.25, 0.3) is 0 Å². The van der Waals surface area contributed by atoms with Gasteiger partial charge in [-0.15, -0.1) is 0 Å². The highest BCUT2D eigenvalue weighted by atomic mass is 16.5. The van der Waals surface area contributed by atoms with Crippen LogP contribution in [0.3, 0.4) is 0 Å². The summed E-state index contributed by atoms with van der Waals surface area (Å²) in [6.07, 6.45) is 1.36. The minimum atomic E-state index is -0.603. The maximum absolute atomic E-state index is 13.7. The summed E-state index contributed by atoms with van der Waals surface area (Å²) in [6.45, 7) is 5.90. The third kappa shape index (κ3) is 10.4. The third-order valence-electron chi connectivity index (χ3n) is 8.46. The fourth-order valence-electron chi connectivity index (χ4n) is 5.82. The number of methoxy groups -OCH3 is 2. The van der Waals surface area contributed by atoms with E-state index in [1.807, 2.05) is 13.8 Å². The molecule has 1 aliphatic heterocycles. The van der Waals surface area contributed by atoms with Crippen molar-refractivity contribution in [2.75, 3.05) is 68.2 Å². The minimum absolute atomic E-state index is 0.00680. The average Bonchev–Trinajstić information content (AvgIpc) is 3.46. The van der Waals surface area contributed by atoms with Gasteiger partial charge >= 0.3 is 0 Å². The largest absolute Gasteiger partial charge is 0.396 e. The maximum Gasteiger partial charge on any atom is 0.242 e. The van der Waals surface area contributed by atoms with Crippen LogP contribution in [0.1, 0.15) is 52.9 Å². The summed E-state index contributed by atoms with van der Waals surface area (Å²) < 4.78 is 11.6. The maximum atomic E-state index is 13.7. The highest BCUT2D eigenvalue weighted by Crippen LogP contribution is 2.29. The Morgan fingerprint density at radius 3 is 2.19 bits per heavy atom. The van der Waals surface area contributed by atoms with Gasteiger partial charge in [0.1, 0.15) is 0 Å². The molecule has 13 nitrogen and oxygen atoms in total. The van der Waals surface area contributed by atoms with Crippen molar-refractivity contribution in [3.05, 3.63) is 0 Å². The summed E-state index contributed by atoms with van der Waals surface area (Å²) in [7, 11) is 8.18. The fraction of sp³-hybridized carbons (Fsp3) is 0.862. The molecule has 0 aliphatic carbocycles. The van der Waals surface area contributed by atoms with E-state index < -0.39 is 30.2 Å². The van der Waals surface area contributed by atoms with Crippen molar-refractivity contribution in [3.8, 4) is 0 Å². The zero-order valence-corrected chi connectivity index (χ0v) is 26.8. The number of aliphatic hydroxyl groups is 2. The highest BCUT2D eigenvalue weighted by molar-refractivity contribution is 5.87. The Hall–Kier alpha value is -2.32. The van der Waals surface area contributed by atoms with Gasteiger partial charge in [-0.05, 0) is 39.3 Å². The van der Waals surface area contributed by atoms with Gasteiger partial charge < -0.3 is 40.1 Å². The van der Waals surface area contributed by atoms with Crippen molar-refractivity contribution >= 4 is 23.6 Å². The zero-order chi connectivity index (χ0) is 32.0. The number of carbonyl (C=O) groups excluding carboxylic acids is 4. The first-order valence-corrected chi connectivity index (χ1v) is 14.9. The third-order valence-corrected chi connectivity index (χ3v) is 8.46. The quantitative estimate of drug-likeness (QED) is 0.152. The van der Waals surface area contributed by atoms with Crippen LogP contribution in [0, 0.1) is 11.8 Å². The first kappa shape index (κ1) is 37.7. The average molecular weight is 602 g/mol. The van der Waals surface area contributed by atoms with Crippen molar-refractivity contribution in [1.82, 2.24) is 25.3 Å². The molecule has 1 aliphatic rings. The molecule has 244 valence electrons. The second kappa shape index (κ2) is 19.1. The summed E-state index contributed by atoms with van der Waals surface area (Å²) in [5.41, 5.74) is 0. The van der Waals surface area contributed by atoms with Crippen LogP contribution in [0.15, 0.2) is 0 Å². The topological polar surface area (TPSA) is 161 Å². The molecular formula is C29H55N5O8. The lowest BCUT2D eigenvalue weighted by Crippen LogP contribution is -2.55. The lowest BCUT2D eigenvalue weighted by molar-refractivity contribution is -0.145. The molecule has 0 saturated carbocycles. The number of carbonyl (C=O) groups is 4. The number of amides is 4. The summed E-state index contributed by atoms with van der Waals surface area (Å²) in [5, 5.41) is 23.7. The number of likely N-dealkylation sites (N-methyl/N-ethyl adjacent to an activating group) is 2. The molecule has 7 atom stereocenters. The summed E-state index contributed by atoms with van der Waals surface area (Å²) >= 11 is 0. The first-order valence-electron chi connectivity index (χ1n) is 14.9. The Labute approximate surface area is 251 Å². The first-order chi connectivity index (χ1) is 19.9. The molecule has 13 heteroatoms. The van der Waals surface area contributed by atoms with Crippen molar-refractivity contribution in [3.63, 3.8) is 0 Å². The molecule has 1 saturated heterocycles. The summed E-state index contributed by atoms with van der Waals surface area (Å²) in [4.78, 5) is 57.2. The van der Waals surface area contributed by atoms with E-state index in [2.05, 4.69) is 10.6 Å². The predicted octanol–water partition coefficient (Wildman–Crippen LogP) is -0.556. The van der Waals surface area contributed by atoms with Crippen molar-refractivity contribution < 1.29 is 38.9 Å². The fourth-order valence-corrected chi connectivity index (χ4v) is 5.82. The molecule has 0 aromatic rings. The van der Waals surface area contributed by atoms with Gasteiger partial charge in [0.15, 0.2) is 0 Å². The van der Waals surface area contributed by atoms with Crippen molar-refractivity contribution in [2.45, 2.75) is 83.2 Å².